The fraction of sp³-hybridized carbons (Fsp3) is 0.389. The monoisotopic (exact) mass is 340 g/mol. The summed E-state index contributed by atoms with van der Waals surface area (Å²) in [5.41, 5.74) is 2.23. The van der Waals surface area contributed by atoms with Gasteiger partial charge >= 0.3 is 0 Å². The molecule has 124 valence electrons. The van der Waals surface area contributed by atoms with E-state index in [2.05, 4.69) is 21.9 Å². The molecule has 4 rings (SSSR count). The Morgan fingerprint density at radius 3 is 2.67 bits per heavy atom. The number of aromatic nitrogens is 3. The van der Waals surface area contributed by atoms with Gasteiger partial charge in [0.2, 0.25) is 0 Å². The van der Waals surface area contributed by atoms with Gasteiger partial charge in [0.25, 0.3) is 5.56 Å². The summed E-state index contributed by atoms with van der Waals surface area (Å²) in [6.45, 7) is 4.01. The molecule has 3 aromatic rings. The first-order valence-corrected chi connectivity index (χ1v) is 9.09. The first-order valence-electron chi connectivity index (χ1n) is 8.27. The Labute approximate surface area is 144 Å². The number of nitrogens with zero attached hydrogens (tertiary/aromatic N) is 3. The topological polar surface area (TPSA) is 61.9 Å². The Morgan fingerprint density at radius 1 is 1.21 bits per heavy atom. The van der Waals surface area contributed by atoms with Crippen LogP contribution in [0.5, 0.6) is 0 Å². The zero-order valence-corrected chi connectivity index (χ0v) is 14.7. The second-order valence-electron chi connectivity index (χ2n) is 6.48. The highest BCUT2D eigenvalue weighted by molar-refractivity contribution is 7.21. The second kappa shape index (κ2) is 6.11. The Bertz CT molecular complexity index is 905. The number of fused-ring (bicyclic) bond motifs is 1. The number of para-hydroxylation sites is 1. The summed E-state index contributed by atoms with van der Waals surface area (Å²) in [4.78, 5) is 27.4. The van der Waals surface area contributed by atoms with Crippen LogP contribution in [-0.4, -0.2) is 40.0 Å². The molecule has 0 unspecified atom stereocenters. The molecule has 0 spiro atoms. The highest BCUT2D eigenvalue weighted by atomic mass is 32.1. The van der Waals surface area contributed by atoms with Crippen molar-refractivity contribution in [1.82, 2.24) is 19.9 Å². The predicted molar refractivity (Wildman–Crippen MR) is 97.7 cm³/mol. The summed E-state index contributed by atoms with van der Waals surface area (Å²) in [5, 5.41) is 0.748. The van der Waals surface area contributed by atoms with Gasteiger partial charge in [-0.3, -0.25) is 4.79 Å². The van der Waals surface area contributed by atoms with Gasteiger partial charge in [-0.25, -0.2) is 9.97 Å². The molecule has 0 saturated carbocycles. The van der Waals surface area contributed by atoms with Crippen molar-refractivity contribution in [1.29, 1.82) is 0 Å². The molecule has 0 radical (unpaired) electrons. The molecule has 1 aliphatic heterocycles. The molecule has 0 aliphatic carbocycles. The molecule has 1 saturated heterocycles. The molecular weight excluding hydrogens is 320 g/mol. The van der Waals surface area contributed by atoms with Gasteiger partial charge in [-0.05, 0) is 52.0 Å². The van der Waals surface area contributed by atoms with Crippen molar-refractivity contribution in [2.45, 2.75) is 25.7 Å². The standard InChI is InChI=1S/C18H20N4OS/c1-11-15(18-20-13-5-3-4-6-14(13)24-18)17(23)21-16(19-11)12-7-9-22(2)10-8-12/h3-6,12H,7-10H2,1-2H3,(H,19,21,23). The maximum Gasteiger partial charge on any atom is 0.261 e. The fourth-order valence-corrected chi connectivity index (χ4v) is 4.37. The van der Waals surface area contributed by atoms with Gasteiger partial charge < -0.3 is 9.88 Å². The average molecular weight is 340 g/mol. The minimum Gasteiger partial charge on any atom is -0.310 e. The minimum absolute atomic E-state index is 0.0736. The number of nitrogens with one attached hydrogen (secondary N) is 1. The lowest BCUT2D eigenvalue weighted by atomic mass is 9.96. The van der Waals surface area contributed by atoms with E-state index >= 15 is 0 Å². The third kappa shape index (κ3) is 2.76. The summed E-state index contributed by atoms with van der Waals surface area (Å²) >= 11 is 1.54. The first-order chi connectivity index (χ1) is 11.6. The van der Waals surface area contributed by atoms with Gasteiger partial charge in [0.05, 0.1) is 21.5 Å². The Kier molecular flexibility index (Phi) is 3.94. The number of aryl methyl sites for hydroxylation is 1. The van der Waals surface area contributed by atoms with Crippen LogP contribution >= 0.6 is 11.3 Å². The van der Waals surface area contributed by atoms with Crippen molar-refractivity contribution < 1.29 is 0 Å². The van der Waals surface area contributed by atoms with Crippen LogP contribution in [0.15, 0.2) is 29.1 Å². The Morgan fingerprint density at radius 2 is 1.96 bits per heavy atom. The number of thiazole rings is 1. The third-order valence-electron chi connectivity index (χ3n) is 4.73. The number of piperidine rings is 1. The van der Waals surface area contributed by atoms with E-state index in [0.717, 1.165) is 52.7 Å². The molecule has 1 N–H and O–H groups in total. The van der Waals surface area contributed by atoms with Crippen molar-refractivity contribution >= 4 is 21.6 Å². The van der Waals surface area contributed by atoms with E-state index in [1.165, 1.54) is 0 Å². The number of H-pyrrole nitrogens is 1. The van der Waals surface area contributed by atoms with Crippen LogP contribution in [-0.2, 0) is 0 Å². The van der Waals surface area contributed by atoms with E-state index in [9.17, 15) is 4.79 Å². The largest absolute Gasteiger partial charge is 0.310 e. The van der Waals surface area contributed by atoms with Gasteiger partial charge in [0.1, 0.15) is 10.8 Å². The number of rotatable bonds is 2. The van der Waals surface area contributed by atoms with Gasteiger partial charge in [0, 0.05) is 5.92 Å². The molecular formula is C18H20N4OS. The smallest absolute Gasteiger partial charge is 0.261 e. The molecule has 1 fully saturated rings. The predicted octanol–water partition coefficient (Wildman–Crippen LogP) is 3.16. The van der Waals surface area contributed by atoms with Crippen LogP contribution < -0.4 is 5.56 Å². The zero-order chi connectivity index (χ0) is 16.7. The van der Waals surface area contributed by atoms with Crippen LogP contribution in [0.25, 0.3) is 20.8 Å². The highest BCUT2D eigenvalue weighted by Gasteiger charge is 2.22. The lowest BCUT2D eigenvalue weighted by Gasteiger charge is -2.28. The summed E-state index contributed by atoms with van der Waals surface area (Å²) in [6, 6.07) is 7.95. The fourth-order valence-electron chi connectivity index (χ4n) is 3.31. The Hall–Kier alpha value is -2.05. The van der Waals surface area contributed by atoms with E-state index in [1.54, 1.807) is 11.3 Å². The molecule has 5 nitrogen and oxygen atoms in total. The highest BCUT2D eigenvalue weighted by Crippen LogP contribution is 2.30. The van der Waals surface area contributed by atoms with E-state index < -0.39 is 0 Å². The van der Waals surface area contributed by atoms with E-state index in [0.29, 0.717) is 11.5 Å². The molecule has 0 atom stereocenters. The maximum atomic E-state index is 12.7. The molecule has 1 aliphatic rings. The van der Waals surface area contributed by atoms with Crippen molar-refractivity contribution in [2.75, 3.05) is 20.1 Å². The van der Waals surface area contributed by atoms with Crippen molar-refractivity contribution in [3.8, 4) is 10.6 Å². The molecule has 0 amide bonds. The van der Waals surface area contributed by atoms with Crippen molar-refractivity contribution in [2.24, 2.45) is 0 Å². The normalized spacial score (nSPS) is 16.8. The number of aromatic amines is 1. The summed E-state index contributed by atoms with van der Waals surface area (Å²) < 4.78 is 1.09. The van der Waals surface area contributed by atoms with Gasteiger partial charge in [0.15, 0.2) is 0 Å². The van der Waals surface area contributed by atoms with E-state index in [4.69, 9.17) is 4.98 Å². The van der Waals surface area contributed by atoms with Crippen LogP contribution in [0.2, 0.25) is 0 Å². The van der Waals surface area contributed by atoms with Gasteiger partial charge in [-0.2, -0.15) is 0 Å². The summed E-state index contributed by atoms with van der Waals surface area (Å²) in [7, 11) is 2.13. The quantitative estimate of drug-likeness (QED) is 0.778. The molecule has 1 aromatic carbocycles. The number of likely N-dealkylation sites (tertiary alicyclic amines) is 1. The van der Waals surface area contributed by atoms with Crippen LogP contribution in [0, 0.1) is 6.92 Å². The van der Waals surface area contributed by atoms with Crippen LogP contribution in [0.3, 0.4) is 0 Å². The third-order valence-corrected chi connectivity index (χ3v) is 5.79. The minimum atomic E-state index is -0.0736. The zero-order valence-electron chi connectivity index (χ0n) is 13.9. The Balaban J connectivity index is 1.73. The molecule has 24 heavy (non-hydrogen) atoms. The average Bonchev–Trinajstić information content (AvgIpc) is 2.98. The summed E-state index contributed by atoms with van der Waals surface area (Å²) in [5.74, 6) is 1.17. The van der Waals surface area contributed by atoms with Crippen molar-refractivity contribution in [3.63, 3.8) is 0 Å². The van der Waals surface area contributed by atoms with Crippen molar-refractivity contribution in [3.05, 3.63) is 46.1 Å². The van der Waals surface area contributed by atoms with Gasteiger partial charge in [-0.15, -0.1) is 11.3 Å². The molecule has 0 bridgehead atoms. The lowest BCUT2D eigenvalue weighted by Crippen LogP contribution is -2.31. The molecule has 3 heterocycles. The number of hydrogen-bond donors (Lipinski definition) is 1. The van der Waals surface area contributed by atoms with Gasteiger partial charge in [-0.1, -0.05) is 12.1 Å². The lowest BCUT2D eigenvalue weighted by molar-refractivity contribution is 0.251. The SMILES string of the molecule is Cc1nc(C2CCN(C)CC2)[nH]c(=O)c1-c1nc2ccccc2s1. The van der Waals surface area contributed by atoms with E-state index in [-0.39, 0.29) is 5.56 Å². The number of benzene rings is 1. The molecule has 2 aromatic heterocycles. The van der Waals surface area contributed by atoms with E-state index in [1.807, 2.05) is 31.2 Å². The molecule has 6 heteroatoms. The van der Waals surface area contributed by atoms with Crippen LogP contribution in [0.4, 0.5) is 0 Å². The summed E-state index contributed by atoms with van der Waals surface area (Å²) in [6.07, 6.45) is 2.08. The first kappa shape index (κ1) is 15.5. The van der Waals surface area contributed by atoms with Crippen LogP contribution in [0.1, 0.15) is 30.3 Å². The maximum absolute atomic E-state index is 12.7. The second-order valence-corrected chi connectivity index (χ2v) is 7.51. The number of hydrogen-bond acceptors (Lipinski definition) is 5.